The molecule has 0 aromatic heterocycles. The largest absolute Gasteiger partial charge is 0.0833 e. The van der Waals surface area contributed by atoms with Crippen molar-refractivity contribution >= 4 is 27.6 Å². The summed E-state index contributed by atoms with van der Waals surface area (Å²) in [6.45, 7) is 4.52. The molecule has 26 heavy (non-hydrogen) atoms. The summed E-state index contributed by atoms with van der Waals surface area (Å²) in [5.41, 5.74) is 6.83. The maximum Gasteiger partial charge on any atom is -0.00992 e. The van der Waals surface area contributed by atoms with Crippen LogP contribution in [0.1, 0.15) is 36.0 Å². The molecule has 4 aromatic rings. The average molecular weight is 334 g/mol. The number of fused-ring (bicyclic) bond motifs is 6. The quantitative estimate of drug-likeness (QED) is 0.316. The number of rotatable bonds is 1. The molecule has 126 valence electrons. The first-order chi connectivity index (χ1) is 12.7. The van der Waals surface area contributed by atoms with Gasteiger partial charge >= 0.3 is 0 Å². The molecule has 0 N–H and O–H groups in total. The molecule has 4 aromatic carbocycles. The predicted molar refractivity (Wildman–Crippen MR) is 114 cm³/mol. The Labute approximate surface area is 154 Å². The highest BCUT2D eigenvalue weighted by atomic mass is 14.2. The van der Waals surface area contributed by atoms with Crippen molar-refractivity contribution in [3.05, 3.63) is 89.5 Å². The van der Waals surface area contributed by atoms with Crippen LogP contribution in [0, 0.1) is 6.92 Å². The van der Waals surface area contributed by atoms with Crippen LogP contribution < -0.4 is 0 Å². The van der Waals surface area contributed by atoms with E-state index in [-0.39, 0.29) is 0 Å². The van der Waals surface area contributed by atoms with E-state index in [1.165, 1.54) is 49.4 Å². The highest BCUT2D eigenvalue weighted by Crippen LogP contribution is 2.42. The molecule has 1 aliphatic rings. The molecule has 0 radical (unpaired) electrons. The van der Waals surface area contributed by atoms with Gasteiger partial charge in [-0.15, -0.1) is 0 Å². The van der Waals surface area contributed by atoms with Crippen molar-refractivity contribution in [1.29, 1.82) is 0 Å². The molecule has 0 spiro atoms. The molecule has 0 bridgehead atoms. The third-order valence-corrected chi connectivity index (χ3v) is 5.73. The van der Waals surface area contributed by atoms with E-state index in [1.807, 2.05) is 0 Å². The normalized spacial score (nSPS) is 16.2. The van der Waals surface area contributed by atoms with Crippen LogP contribution in [0.5, 0.6) is 0 Å². The minimum atomic E-state index is 0.551. The Kier molecular flexibility index (Phi) is 3.46. The van der Waals surface area contributed by atoms with Crippen molar-refractivity contribution in [3.63, 3.8) is 0 Å². The summed E-state index contributed by atoms with van der Waals surface area (Å²) < 4.78 is 0. The Morgan fingerprint density at radius 1 is 0.731 bits per heavy atom. The minimum Gasteiger partial charge on any atom is -0.0833 e. The van der Waals surface area contributed by atoms with Gasteiger partial charge in [0.2, 0.25) is 0 Å². The minimum absolute atomic E-state index is 0.551. The third-order valence-electron chi connectivity index (χ3n) is 5.73. The summed E-state index contributed by atoms with van der Waals surface area (Å²) in [4.78, 5) is 0. The second-order valence-electron chi connectivity index (χ2n) is 7.54. The van der Waals surface area contributed by atoms with Gasteiger partial charge in [-0.25, -0.2) is 0 Å². The van der Waals surface area contributed by atoms with E-state index in [2.05, 4.69) is 92.7 Å². The van der Waals surface area contributed by atoms with Crippen molar-refractivity contribution in [3.8, 4) is 11.1 Å². The first kappa shape index (κ1) is 15.4. The molecule has 5 rings (SSSR count). The van der Waals surface area contributed by atoms with E-state index in [1.54, 1.807) is 0 Å². The molecular weight excluding hydrogens is 312 g/mol. The fourth-order valence-electron chi connectivity index (χ4n) is 4.47. The van der Waals surface area contributed by atoms with Crippen molar-refractivity contribution in [2.24, 2.45) is 0 Å². The van der Waals surface area contributed by atoms with Crippen LogP contribution in [-0.2, 0) is 0 Å². The topological polar surface area (TPSA) is 0 Å². The van der Waals surface area contributed by atoms with E-state index in [4.69, 9.17) is 0 Å². The molecule has 0 fully saturated rings. The number of allylic oxidation sites excluding steroid dienone is 1. The zero-order chi connectivity index (χ0) is 17.7. The van der Waals surface area contributed by atoms with Crippen LogP contribution in [0.2, 0.25) is 0 Å². The Balaban J connectivity index is 1.90. The standard InChI is InChI=1S/C26H22/c1-17-7-5-9-19(15-17)20-13-14-23-21-10-3-4-11-22(21)24-12-6-8-18(2)26(24)25(23)16-20/h3-7,9-16,18H,8H2,1-2H3. The summed E-state index contributed by atoms with van der Waals surface area (Å²) in [6.07, 6.45) is 5.78. The molecule has 0 saturated carbocycles. The highest BCUT2D eigenvalue weighted by Gasteiger charge is 2.19. The molecule has 1 unspecified atom stereocenters. The fraction of sp³-hybridized carbons (Fsp3) is 0.154. The second-order valence-corrected chi connectivity index (χ2v) is 7.54. The molecule has 0 saturated heterocycles. The van der Waals surface area contributed by atoms with E-state index in [0.29, 0.717) is 5.92 Å². The molecule has 0 aliphatic heterocycles. The lowest BCUT2D eigenvalue weighted by molar-refractivity contribution is 0.781. The van der Waals surface area contributed by atoms with Crippen LogP contribution in [0.3, 0.4) is 0 Å². The number of hydrogen-bond acceptors (Lipinski definition) is 0. The summed E-state index contributed by atoms with van der Waals surface area (Å²) in [7, 11) is 0. The SMILES string of the molecule is Cc1cccc(-c2ccc3c(c2)c2c(c4ccccc43)C=CCC2C)c1. The highest BCUT2D eigenvalue weighted by molar-refractivity contribution is 6.14. The van der Waals surface area contributed by atoms with Gasteiger partial charge in [-0.3, -0.25) is 0 Å². The second kappa shape index (κ2) is 5.85. The van der Waals surface area contributed by atoms with Crippen LogP contribution >= 0.6 is 0 Å². The predicted octanol–water partition coefficient (Wildman–Crippen LogP) is 7.49. The zero-order valence-corrected chi connectivity index (χ0v) is 15.3. The molecule has 1 atom stereocenters. The fourth-order valence-corrected chi connectivity index (χ4v) is 4.47. The van der Waals surface area contributed by atoms with Crippen molar-refractivity contribution < 1.29 is 0 Å². The molecule has 0 amide bonds. The van der Waals surface area contributed by atoms with E-state index < -0.39 is 0 Å². The zero-order valence-electron chi connectivity index (χ0n) is 15.3. The van der Waals surface area contributed by atoms with Gasteiger partial charge in [0.05, 0.1) is 0 Å². The summed E-state index contributed by atoms with van der Waals surface area (Å²) in [5.74, 6) is 0.551. The van der Waals surface area contributed by atoms with Gasteiger partial charge in [0.25, 0.3) is 0 Å². The van der Waals surface area contributed by atoms with Gasteiger partial charge in [-0.05, 0) is 69.1 Å². The smallest absolute Gasteiger partial charge is 0.00992 e. The average Bonchev–Trinajstić information content (AvgIpc) is 2.68. The monoisotopic (exact) mass is 334 g/mol. The van der Waals surface area contributed by atoms with E-state index in [9.17, 15) is 0 Å². The molecule has 0 heteroatoms. The van der Waals surface area contributed by atoms with Gasteiger partial charge in [-0.1, -0.05) is 85.3 Å². The Morgan fingerprint density at radius 3 is 2.35 bits per heavy atom. The van der Waals surface area contributed by atoms with Gasteiger partial charge in [0, 0.05) is 0 Å². The molecular formula is C26H22. The lowest BCUT2D eigenvalue weighted by Crippen LogP contribution is -2.02. The molecule has 0 heterocycles. The van der Waals surface area contributed by atoms with Gasteiger partial charge in [0.1, 0.15) is 0 Å². The van der Waals surface area contributed by atoms with Crippen LogP contribution in [-0.4, -0.2) is 0 Å². The molecule has 0 nitrogen and oxygen atoms in total. The number of benzene rings is 4. The van der Waals surface area contributed by atoms with Crippen LogP contribution in [0.25, 0.3) is 38.7 Å². The van der Waals surface area contributed by atoms with Crippen molar-refractivity contribution in [2.75, 3.05) is 0 Å². The lowest BCUT2D eigenvalue weighted by atomic mass is 9.81. The van der Waals surface area contributed by atoms with Crippen molar-refractivity contribution in [2.45, 2.75) is 26.2 Å². The van der Waals surface area contributed by atoms with Gasteiger partial charge in [-0.2, -0.15) is 0 Å². The maximum atomic E-state index is 2.41. The Morgan fingerprint density at radius 2 is 1.50 bits per heavy atom. The summed E-state index contributed by atoms with van der Waals surface area (Å²) in [6, 6.07) is 24.6. The number of aryl methyl sites for hydroxylation is 1. The van der Waals surface area contributed by atoms with Crippen LogP contribution in [0.15, 0.2) is 72.8 Å². The third kappa shape index (κ3) is 2.29. The lowest BCUT2D eigenvalue weighted by Gasteiger charge is -2.23. The summed E-state index contributed by atoms with van der Waals surface area (Å²) >= 11 is 0. The summed E-state index contributed by atoms with van der Waals surface area (Å²) in [5, 5.41) is 5.52. The number of hydrogen-bond donors (Lipinski definition) is 0. The first-order valence-electron chi connectivity index (χ1n) is 9.44. The maximum absolute atomic E-state index is 2.41. The van der Waals surface area contributed by atoms with Gasteiger partial charge < -0.3 is 0 Å². The van der Waals surface area contributed by atoms with E-state index in [0.717, 1.165) is 6.42 Å². The molecule has 1 aliphatic carbocycles. The Hall–Kier alpha value is -2.86. The Bertz CT molecular complexity index is 1180. The first-order valence-corrected chi connectivity index (χ1v) is 9.44. The van der Waals surface area contributed by atoms with E-state index >= 15 is 0 Å². The van der Waals surface area contributed by atoms with Crippen LogP contribution in [0.4, 0.5) is 0 Å². The van der Waals surface area contributed by atoms with Crippen molar-refractivity contribution in [1.82, 2.24) is 0 Å². The van der Waals surface area contributed by atoms with Gasteiger partial charge in [0.15, 0.2) is 0 Å².